The lowest BCUT2D eigenvalue weighted by molar-refractivity contribution is -0.142. The Morgan fingerprint density at radius 1 is 0.818 bits per heavy atom. The van der Waals surface area contributed by atoms with Crippen LogP contribution in [-0.4, -0.2) is 30.6 Å². The second-order valence-electron chi connectivity index (χ2n) is 9.26. The predicted molar refractivity (Wildman–Crippen MR) is 141 cm³/mol. The zero-order valence-electron chi connectivity index (χ0n) is 22.8. The Kier molecular flexibility index (Phi) is 8.51. The highest BCUT2D eigenvalue weighted by Crippen LogP contribution is 2.34. The highest BCUT2D eigenvalue weighted by molar-refractivity contribution is 6.04. The van der Waals surface area contributed by atoms with Crippen LogP contribution in [0.3, 0.4) is 0 Å². The third kappa shape index (κ3) is 6.87. The molecular formula is C27H21F8N7O2. The molecule has 5 aromatic rings. The van der Waals surface area contributed by atoms with Crippen LogP contribution in [0.25, 0.3) is 22.5 Å². The van der Waals surface area contributed by atoms with Crippen molar-refractivity contribution >= 4 is 17.3 Å². The summed E-state index contributed by atoms with van der Waals surface area (Å²) in [5.74, 6) is -1.74. The number of alkyl halides is 6. The van der Waals surface area contributed by atoms with Crippen LogP contribution >= 0.6 is 0 Å². The van der Waals surface area contributed by atoms with E-state index in [9.17, 15) is 39.9 Å². The van der Waals surface area contributed by atoms with Gasteiger partial charge in [-0.15, -0.1) is 0 Å². The topological polar surface area (TPSA) is 117 Å². The summed E-state index contributed by atoms with van der Waals surface area (Å²) in [6.45, 7) is 1.55. The van der Waals surface area contributed by atoms with Gasteiger partial charge in [0.05, 0.1) is 17.6 Å². The molecule has 0 fully saturated rings. The smallest absolute Gasteiger partial charge is 0.399 e. The molecule has 3 aromatic heterocycles. The fourth-order valence-electron chi connectivity index (χ4n) is 3.97. The van der Waals surface area contributed by atoms with Crippen molar-refractivity contribution in [2.75, 3.05) is 11.1 Å². The number of anilines is 2. The van der Waals surface area contributed by atoms with E-state index in [-0.39, 0.29) is 39.5 Å². The third-order valence-corrected chi connectivity index (χ3v) is 6.11. The van der Waals surface area contributed by atoms with Gasteiger partial charge in [0.15, 0.2) is 11.4 Å². The van der Waals surface area contributed by atoms with Crippen LogP contribution < -0.4 is 11.1 Å². The average Bonchev–Trinajstić information content (AvgIpc) is 3.63. The molecule has 0 aliphatic carbocycles. The molecule has 0 aliphatic rings. The quantitative estimate of drug-likeness (QED) is 0.171. The molecule has 1 amide bonds. The first kappa shape index (κ1) is 31.7. The van der Waals surface area contributed by atoms with Crippen molar-refractivity contribution < 1.29 is 44.4 Å². The molecule has 0 bridgehead atoms. The first-order valence-corrected chi connectivity index (χ1v) is 12.3. The molecular weight excluding hydrogens is 606 g/mol. The van der Waals surface area contributed by atoms with Crippen molar-refractivity contribution in [3.05, 3.63) is 89.1 Å². The van der Waals surface area contributed by atoms with Crippen LogP contribution in [0.1, 0.15) is 27.5 Å². The van der Waals surface area contributed by atoms with E-state index >= 15 is 0 Å². The molecule has 3 heterocycles. The average molecular weight is 627 g/mol. The number of carbonyl (C=O) groups excluding carboxylic acids is 1. The number of nitrogen functional groups attached to an aromatic ring is 1. The molecule has 0 atom stereocenters. The third-order valence-electron chi connectivity index (χ3n) is 6.11. The molecule has 44 heavy (non-hydrogen) atoms. The summed E-state index contributed by atoms with van der Waals surface area (Å²) in [6.07, 6.45) is -7.96. The maximum absolute atomic E-state index is 14.4. The van der Waals surface area contributed by atoms with E-state index < -0.39 is 41.3 Å². The van der Waals surface area contributed by atoms with E-state index in [2.05, 4.69) is 20.7 Å². The van der Waals surface area contributed by atoms with Crippen LogP contribution in [0.15, 0.2) is 59.3 Å². The van der Waals surface area contributed by atoms with Gasteiger partial charge in [0, 0.05) is 36.6 Å². The monoisotopic (exact) mass is 627 g/mol. The molecule has 9 nitrogen and oxygen atoms in total. The number of nitrogens with two attached hydrogens (primary N) is 1. The molecule has 232 valence electrons. The highest BCUT2D eigenvalue weighted by Gasteiger charge is 2.36. The van der Waals surface area contributed by atoms with Crippen molar-refractivity contribution in [1.29, 1.82) is 0 Å². The first-order valence-electron chi connectivity index (χ1n) is 12.3. The number of carbonyl (C=O) groups is 1. The normalized spacial score (nSPS) is 11.7. The lowest BCUT2D eigenvalue weighted by Crippen LogP contribution is -2.12. The van der Waals surface area contributed by atoms with Gasteiger partial charge >= 0.3 is 12.4 Å². The standard InChI is InChI=1S/C16H12F4N4O2.C11H9F4N3/c1-8-11(7-21-26-8)15(25)22-9-3-4-10(12(17)5-9)13-6-14(16(18,19)20)23-24(13)2;1-18-9(5-10(17-18)11(13,14)15)7-3-2-6(16)4-8(7)12/h3-7H,1-2H3,(H,22,25);2-5H,16H2,1H3. The summed E-state index contributed by atoms with van der Waals surface area (Å²) in [6, 6.07) is 9.00. The molecule has 0 spiro atoms. The molecule has 17 heteroatoms. The molecule has 0 unspecified atom stereocenters. The Labute approximate surface area is 242 Å². The van der Waals surface area contributed by atoms with Crippen LogP contribution in [-0.2, 0) is 26.4 Å². The van der Waals surface area contributed by atoms with Crippen molar-refractivity contribution in [2.24, 2.45) is 14.1 Å². The zero-order chi connectivity index (χ0) is 32.6. The first-order chi connectivity index (χ1) is 20.5. The van der Waals surface area contributed by atoms with Gasteiger partial charge < -0.3 is 15.6 Å². The predicted octanol–water partition coefficient (Wildman–Crippen LogP) is 6.62. The molecule has 0 saturated heterocycles. The minimum atomic E-state index is -4.63. The molecule has 0 radical (unpaired) electrons. The van der Waals surface area contributed by atoms with Gasteiger partial charge in [-0.1, -0.05) is 5.16 Å². The van der Waals surface area contributed by atoms with Crippen molar-refractivity contribution in [3.8, 4) is 22.5 Å². The van der Waals surface area contributed by atoms with Gasteiger partial charge in [0.1, 0.15) is 23.0 Å². The van der Waals surface area contributed by atoms with E-state index in [1.54, 1.807) is 6.92 Å². The number of aryl methyl sites for hydroxylation is 3. The summed E-state index contributed by atoms with van der Waals surface area (Å²) in [7, 11) is 2.61. The zero-order valence-corrected chi connectivity index (χ0v) is 22.8. The van der Waals surface area contributed by atoms with Gasteiger partial charge in [0.25, 0.3) is 5.91 Å². The van der Waals surface area contributed by atoms with Crippen LogP contribution in [0, 0.1) is 18.6 Å². The van der Waals surface area contributed by atoms with Crippen LogP contribution in [0.5, 0.6) is 0 Å². The second-order valence-corrected chi connectivity index (χ2v) is 9.26. The number of amides is 1. The van der Waals surface area contributed by atoms with Crippen LogP contribution in [0.4, 0.5) is 46.5 Å². The van der Waals surface area contributed by atoms with Gasteiger partial charge in [-0.2, -0.15) is 36.5 Å². The lowest BCUT2D eigenvalue weighted by Gasteiger charge is -2.08. The van der Waals surface area contributed by atoms with Gasteiger partial charge in [-0.25, -0.2) is 8.78 Å². The maximum atomic E-state index is 14.4. The Bertz CT molecular complexity index is 1820. The van der Waals surface area contributed by atoms with Crippen molar-refractivity contribution in [3.63, 3.8) is 0 Å². The number of nitrogens with zero attached hydrogens (tertiary/aromatic N) is 5. The fraction of sp³-hybridized carbons (Fsp3) is 0.185. The summed E-state index contributed by atoms with van der Waals surface area (Å²) >= 11 is 0. The van der Waals surface area contributed by atoms with E-state index in [0.717, 1.165) is 33.6 Å². The largest absolute Gasteiger partial charge is 0.435 e. The summed E-state index contributed by atoms with van der Waals surface area (Å²) in [5, 5.41) is 12.6. The van der Waals surface area contributed by atoms with E-state index in [1.165, 1.54) is 44.6 Å². The number of halogens is 8. The maximum Gasteiger partial charge on any atom is 0.435 e. The SMILES string of the molecule is Cc1oncc1C(=O)Nc1ccc(-c2cc(C(F)(F)F)nn2C)c(F)c1.Cn1nc(C(F)(F)F)cc1-c1ccc(N)cc1F. The number of benzene rings is 2. The van der Waals surface area contributed by atoms with Crippen molar-refractivity contribution in [2.45, 2.75) is 19.3 Å². The molecule has 2 aromatic carbocycles. The van der Waals surface area contributed by atoms with E-state index in [0.29, 0.717) is 5.76 Å². The number of aromatic nitrogens is 5. The van der Waals surface area contributed by atoms with E-state index in [1.807, 2.05) is 0 Å². The minimum absolute atomic E-state index is 0.0229. The fourth-order valence-corrected chi connectivity index (χ4v) is 3.97. The highest BCUT2D eigenvalue weighted by atomic mass is 19.4. The number of hydrogen-bond donors (Lipinski definition) is 2. The lowest BCUT2D eigenvalue weighted by atomic mass is 10.1. The van der Waals surface area contributed by atoms with Crippen molar-refractivity contribution in [1.82, 2.24) is 24.7 Å². The Morgan fingerprint density at radius 3 is 1.73 bits per heavy atom. The number of hydrogen-bond acceptors (Lipinski definition) is 6. The molecule has 3 N–H and O–H groups in total. The van der Waals surface area contributed by atoms with Gasteiger partial charge in [0.2, 0.25) is 0 Å². The van der Waals surface area contributed by atoms with E-state index in [4.69, 9.17) is 10.3 Å². The Balaban J connectivity index is 0.000000215. The Hall–Kier alpha value is -5.22. The van der Waals surface area contributed by atoms with Gasteiger partial charge in [-0.3, -0.25) is 14.2 Å². The van der Waals surface area contributed by atoms with Crippen LogP contribution in [0.2, 0.25) is 0 Å². The molecule has 0 aliphatic heterocycles. The summed E-state index contributed by atoms with van der Waals surface area (Å²) in [4.78, 5) is 12.1. The molecule has 5 rings (SSSR count). The number of nitrogens with one attached hydrogen (secondary N) is 1. The van der Waals surface area contributed by atoms with Gasteiger partial charge in [-0.05, 0) is 55.5 Å². The number of rotatable bonds is 4. The Morgan fingerprint density at radius 2 is 1.32 bits per heavy atom. The summed E-state index contributed by atoms with van der Waals surface area (Å²) < 4.78 is 110. The second kappa shape index (κ2) is 11.8. The molecule has 0 saturated carbocycles. The minimum Gasteiger partial charge on any atom is -0.399 e. The summed E-state index contributed by atoms with van der Waals surface area (Å²) in [5.41, 5.74) is 3.68.